The van der Waals surface area contributed by atoms with E-state index in [1.807, 2.05) is 6.07 Å². The average Bonchev–Trinajstić information content (AvgIpc) is 3.21. The second-order valence-corrected chi connectivity index (χ2v) is 12.9. The highest BCUT2D eigenvalue weighted by Crippen LogP contribution is 2.26. The van der Waals surface area contributed by atoms with Gasteiger partial charge in [0.1, 0.15) is 25.9 Å². The van der Waals surface area contributed by atoms with Crippen LogP contribution in [0.5, 0.6) is 0 Å². The lowest BCUT2D eigenvalue weighted by atomic mass is 9.89. The predicted octanol–water partition coefficient (Wildman–Crippen LogP) is 10.0. The van der Waals surface area contributed by atoms with Crippen molar-refractivity contribution in [3.63, 3.8) is 0 Å². The fourth-order valence-electron chi connectivity index (χ4n) is 5.78. The van der Waals surface area contributed by atoms with E-state index in [4.69, 9.17) is 28.7 Å². The van der Waals surface area contributed by atoms with Crippen molar-refractivity contribution in [1.82, 2.24) is 0 Å². The first-order chi connectivity index (χ1) is 25.3. The molecule has 310 valence electrons. The fraction of sp³-hybridized carbons (Fsp3) is 0.489. The molecule has 0 aliphatic heterocycles. The molecule has 3 aromatic rings. The number of hydrogen-bond acceptors (Lipinski definition) is 11. The van der Waals surface area contributed by atoms with Gasteiger partial charge in [-0.25, -0.2) is 19.2 Å². The van der Waals surface area contributed by atoms with Crippen LogP contribution in [-0.2, 0) is 38.3 Å². The minimum Gasteiger partial charge on any atom is -0.459 e. The van der Waals surface area contributed by atoms with E-state index >= 15 is 0 Å². The van der Waals surface area contributed by atoms with Gasteiger partial charge in [0.15, 0.2) is 6.10 Å². The monoisotopic (exact) mass is 780 g/mol. The largest absolute Gasteiger partial charge is 0.459 e. The van der Waals surface area contributed by atoms with Crippen LogP contribution in [0.15, 0.2) is 91.0 Å². The molecule has 5 rings (SSSR count). The van der Waals surface area contributed by atoms with E-state index in [2.05, 4.69) is 0 Å². The zero-order valence-corrected chi connectivity index (χ0v) is 29.7. The topological polar surface area (TPSA) is 141 Å². The van der Waals surface area contributed by atoms with Gasteiger partial charge in [-0.3, -0.25) is 9.68 Å². The molecule has 2 saturated carbocycles. The number of carbonyl (C=O) groups excluding carboxylic acids is 5. The first-order valence-electron chi connectivity index (χ1n) is 18.0. The maximum Gasteiger partial charge on any atom is 0.345 e. The molecule has 0 spiro atoms. The molecule has 56 heavy (non-hydrogen) atoms. The Morgan fingerprint density at radius 2 is 0.839 bits per heavy atom. The van der Waals surface area contributed by atoms with Gasteiger partial charge >= 0.3 is 29.8 Å². The molecule has 2 aliphatic carbocycles. The molecule has 1 unspecified atom stereocenters. The number of hydrogen-bond donors (Lipinski definition) is 0. The molecular formula is C45H64O11. The molecule has 0 saturated heterocycles. The van der Waals surface area contributed by atoms with Gasteiger partial charge in [0.25, 0.3) is 0 Å². The van der Waals surface area contributed by atoms with Crippen LogP contribution in [0.2, 0.25) is 0 Å². The second-order valence-electron chi connectivity index (χ2n) is 12.9. The van der Waals surface area contributed by atoms with Crippen LogP contribution >= 0.6 is 0 Å². The minimum atomic E-state index is -0.861. The van der Waals surface area contributed by atoms with Crippen molar-refractivity contribution in [3.8, 4) is 0 Å². The van der Waals surface area contributed by atoms with Gasteiger partial charge in [-0.2, -0.15) is 4.89 Å². The minimum absolute atomic E-state index is 0. The van der Waals surface area contributed by atoms with Gasteiger partial charge in [0, 0.05) is 0 Å². The molecule has 11 nitrogen and oxygen atoms in total. The standard InChI is InChI=1S/C24H26O6.C17H22O5.4CH4/c25-22(18-10-4-1-5-11-18)28-16-21(30-24(27)20-14-8-3-9-15-20)17-29-23(26)19-12-6-2-7-13-19;1-13(12-20-16(18)14-8-4-2-5-9-14)21-22-17(19)15-10-6-3-7-11-15;;;;/h1-2,4-7,10-13,20-21H,3,8-9,14-17H2;2,4-5,8-9,13,15H,3,6-7,10-12H2,1H3;4*1H4. The summed E-state index contributed by atoms with van der Waals surface area (Å²) in [5.41, 5.74) is 1.28. The normalized spacial score (nSPS) is 14.2. The summed E-state index contributed by atoms with van der Waals surface area (Å²) in [6.45, 7) is 1.35. The molecule has 0 heterocycles. The molecule has 3 aromatic carbocycles. The van der Waals surface area contributed by atoms with E-state index in [1.165, 1.54) is 6.42 Å². The molecule has 2 aliphatic rings. The van der Waals surface area contributed by atoms with Crippen LogP contribution in [-0.4, -0.2) is 61.9 Å². The summed E-state index contributed by atoms with van der Waals surface area (Å²) >= 11 is 0. The van der Waals surface area contributed by atoms with Crippen molar-refractivity contribution >= 4 is 29.8 Å². The summed E-state index contributed by atoms with van der Waals surface area (Å²) in [4.78, 5) is 70.4. The number of esters is 4. The van der Waals surface area contributed by atoms with E-state index < -0.39 is 30.1 Å². The lowest BCUT2D eigenvalue weighted by molar-refractivity contribution is -0.302. The zero-order valence-electron chi connectivity index (χ0n) is 29.7. The van der Waals surface area contributed by atoms with Crippen LogP contribution in [0.4, 0.5) is 0 Å². The third kappa shape index (κ3) is 18.1. The van der Waals surface area contributed by atoms with E-state index in [1.54, 1.807) is 91.9 Å². The van der Waals surface area contributed by atoms with Gasteiger partial charge in [-0.05, 0) is 69.0 Å². The Hall–Kier alpha value is -5.03. The number of rotatable bonds is 14. The molecule has 0 amide bonds. The van der Waals surface area contributed by atoms with Crippen molar-refractivity contribution in [1.29, 1.82) is 0 Å². The lowest BCUT2D eigenvalue weighted by Crippen LogP contribution is -2.33. The molecule has 0 bridgehead atoms. The maximum atomic E-state index is 12.5. The van der Waals surface area contributed by atoms with E-state index in [9.17, 15) is 24.0 Å². The highest BCUT2D eigenvalue weighted by atomic mass is 17.2. The average molecular weight is 781 g/mol. The SMILES string of the molecule is C.C.C.C.CC(COC(=O)c1ccccc1)OOC(=O)C1CCCCC1.O=C(OCC(COC(=O)c1ccccc1)OC(=O)C1CCCCC1)c1ccccc1. The van der Waals surface area contributed by atoms with Crippen molar-refractivity contribution in [3.05, 3.63) is 108 Å². The van der Waals surface area contributed by atoms with E-state index in [0.29, 0.717) is 16.7 Å². The summed E-state index contributed by atoms with van der Waals surface area (Å²) in [6, 6.07) is 25.8. The summed E-state index contributed by atoms with van der Waals surface area (Å²) < 4.78 is 21.3. The Balaban J connectivity index is 0.00000105. The third-order valence-electron chi connectivity index (χ3n) is 8.73. The predicted molar refractivity (Wildman–Crippen MR) is 217 cm³/mol. The summed E-state index contributed by atoms with van der Waals surface area (Å²) in [5.74, 6) is -2.34. The smallest absolute Gasteiger partial charge is 0.345 e. The first-order valence-corrected chi connectivity index (χ1v) is 18.0. The Bertz CT molecular complexity index is 1480. The van der Waals surface area contributed by atoms with Gasteiger partial charge in [0.2, 0.25) is 0 Å². The van der Waals surface area contributed by atoms with Crippen LogP contribution in [0.1, 0.15) is 132 Å². The molecule has 2 fully saturated rings. The van der Waals surface area contributed by atoms with Gasteiger partial charge in [-0.15, -0.1) is 0 Å². The molecule has 11 heteroatoms. The summed E-state index contributed by atoms with van der Waals surface area (Å²) in [5, 5.41) is 0. The van der Waals surface area contributed by atoms with Gasteiger partial charge in [-0.1, -0.05) is 123 Å². The Morgan fingerprint density at radius 1 is 0.500 bits per heavy atom. The Morgan fingerprint density at radius 3 is 1.21 bits per heavy atom. The van der Waals surface area contributed by atoms with Crippen LogP contribution in [0, 0.1) is 11.8 Å². The Labute approximate surface area is 334 Å². The second kappa shape index (κ2) is 28.4. The van der Waals surface area contributed by atoms with Crippen molar-refractivity contribution in [2.24, 2.45) is 11.8 Å². The maximum absolute atomic E-state index is 12.5. The van der Waals surface area contributed by atoms with Crippen molar-refractivity contribution in [2.75, 3.05) is 19.8 Å². The summed E-state index contributed by atoms with van der Waals surface area (Å²) in [7, 11) is 0. The zero-order chi connectivity index (χ0) is 37.0. The molecule has 1 atom stereocenters. The molecule has 0 aromatic heterocycles. The van der Waals surface area contributed by atoms with Crippen LogP contribution < -0.4 is 0 Å². The van der Waals surface area contributed by atoms with E-state index in [-0.39, 0.29) is 73.3 Å². The highest BCUT2D eigenvalue weighted by Gasteiger charge is 2.27. The first kappa shape index (κ1) is 51.0. The number of ether oxygens (including phenoxy) is 4. The quantitative estimate of drug-likeness (QED) is 0.0668. The number of benzene rings is 3. The third-order valence-corrected chi connectivity index (χ3v) is 8.73. The Kier molecular flexibility index (Phi) is 25.8. The fourth-order valence-corrected chi connectivity index (χ4v) is 5.78. The van der Waals surface area contributed by atoms with Gasteiger partial charge < -0.3 is 18.9 Å². The highest BCUT2D eigenvalue weighted by molar-refractivity contribution is 5.90. The number of carbonyl (C=O) groups is 5. The molecule has 0 radical (unpaired) electrons. The summed E-state index contributed by atoms with van der Waals surface area (Å²) in [6.07, 6.45) is 8.35. The van der Waals surface area contributed by atoms with E-state index in [0.717, 1.165) is 57.8 Å². The molecular weight excluding hydrogens is 716 g/mol. The van der Waals surface area contributed by atoms with Gasteiger partial charge in [0.05, 0.1) is 28.5 Å². The van der Waals surface area contributed by atoms with Crippen LogP contribution in [0.25, 0.3) is 0 Å². The van der Waals surface area contributed by atoms with Crippen molar-refractivity contribution < 1.29 is 52.7 Å². The molecule has 0 N–H and O–H groups in total. The van der Waals surface area contributed by atoms with Crippen molar-refractivity contribution in [2.45, 2.75) is 113 Å². The lowest BCUT2D eigenvalue weighted by Gasteiger charge is -2.24. The van der Waals surface area contributed by atoms with Crippen LogP contribution in [0.3, 0.4) is 0 Å².